The van der Waals surface area contributed by atoms with E-state index < -0.39 is 0 Å². The first kappa shape index (κ1) is 8.85. The quantitative estimate of drug-likeness (QED) is 0.543. The summed E-state index contributed by atoms with van der Waals surface area (Å²) in [7, 11) is 0. The third-order valence-electron chi connectivity index (χ3n) is 3.17. The molecule has 0 aromatic heterocycles. The van der Waals surface area contributed by atoms with Crippen LogP contribution in [0.5, 0.6) is 5.75 Å². The molecule has 0 saturated carbocycles. The third-order valence-corrected chi connectivity index (χ3v) is 3.17. The van der Waals surface area contributed by atoms with E-state index >= 15 is 0 Å². The van der Waals surface area contributed by atoms with Crippen LogP contribution >= 0.6 is 0 Å². The van der Waals surface area contributed by atoms with Crippen molar-refractivity contribution in [2.45, 2.75) is 6.04 Å². The number of hydrogen-bond donors (Lipinski definition) is 3. The lowest BCUT2D eigenvalue weighted by molar-refractivity contribution is 0.467. The number of phenolic OH excluding ortho intramolecular Hbond substituents is 1. The second-order valence-electron chi connectivity index (χ2n) is 4.13. The molecule has 2 aliphatic rings. The molecular formula is C11H15N3O. The maximum absolute atomic E-state index is 9.51. The zero-order valence-electron chi connectivity index (χ0n) is 8.53. The van der Waals surface area contributed by atoms with Crippen molar-refractivity contribution in [2.75, 3.05) is 36.4 Å². The normalized spacial score (nSPS) is 24.0. The van der Waals surface area contributed by atoms with Gasteiger partial charge in [-0.05, 0) is 12.1 Å². The number of phenols is 1. The van der Waals surface area contributed by atoms with Gasteiger partial charge in [0.15, 0.2) is 0 Å². The highest BCUT2D eigenvalue weighted by Gasteiger charge is 2.28. The lowest BCUT2D eigenvalue weighted by atomic mass is 10.1. The summed E-state index contributed by atoms with van der Waals surface area (Å²) in [6.07, 6.45) is 0. The van der Waals surface area contributed by atoms with E-state index in [0.29, 0.717) is 11.8 Å². The molecule has 1 unspecified atom stereocenters. The molecule has 1 fully saturated rings. The van der Waals surface area contributed by atoms with Crippen LogP contribution in [0.1, 0.15) is 0 Å². The Kier molecular flexibility index (Phi) is 1.95. The van der Waals surface area contributed by atoms with Gasteiger partial charge < -0.3 is 20.6 Å². The number of benzene rings is 1. The summed E-state index contributed by atoms with van der Waals surface area (Å²) in [5.74, 6) is 0.342. The van der Waals surface area contributed by atoms with Crippen LogP contribution in [0.4, 0.5) is 11.4 Å². The summed E-state index contributed by atoms with van der Waals surface area (Å²) < 4.78 is 0. The van der Waals surface area contributed by atoms with Crippen molar-refractivity contribution in [3.8, 4) is 5.75 Å². The zero-order chi connectivity index (χ0) is 10.3. The SMILES string of the molecule is Oc1ccc2c(c1)N1CCNCC1CN2. The van der Waals surface area contributed by atoms with Crippen LogP contribution in [0.15, 0.2) is 18.2 Å². The summed E-state index contributed by atoms with van der Waals surface area (Å²) in [5.41, 5.74) is 2.26. The molecule has 1 aromatic carbocycles. The summed E-state index contributed by atoms with van der Waals surface area (Å²) in [6.45, 7) is 4.03. The van der Waals surface area contributed by atoms with Gasteiger partial charge in [0.25, 0.3) is 0 Å². The maximum atomic E-state index is 9.51. The number of rotatable bonds is 0. The molecule has 2 aliphatic heterocycles. The lowest BCUT2D eigenvalue weighted by Gasteiger charge is -2.42. The molecule has 0 bridgehead atoms. The highest BCUT2D eigenvalue weighted by molar-refractivity contribution is 5.74. The summed E-state index contributed by atoms with van der Waals surface area (Å²) >= 11 is 0. The van der Waals surface area contributed by atoms with E-state index in [-0.39, 0.29) is 0 Å². The summed E-state index contributed by atoms with van der Waals surface area (Å²) in [4.78, 5) is 2.38. The predicted molar refractivity (Wildman–Crippen MR) is 60.6 cm³/mol. The smallest absolute Gasteiger partial charge is 0.117 e. The van der Waals surface area contributed by atoms with Gasteiger partial charge in [0, 0.05) is 32.2 Å². The topological polar surface area (TPSA) is 47.5 Å². The predicted octanol–water partition coefficient (Wildman–Crippen LogP) is 0.596. The van der Waals surface area contributed by atoms with Crippen LogP contribution in [-0.2, 0) is 0 Å². The second kappa shape index (κ2) is 3.31. The Morgan fingerprint density at radius 2 is 2.27 bits per heavy atom. The summed E-state index contributed by atoms with van der Waals surface area (Å²) in [6, 6.07) is 6.03. The Bertz CT molecular complexity index is 380. The maximum Gasteiger partial charge on any atom is 0.117 e. The lowest BCUT2D eigenvalue weighted by Crippen LogP contribution is -2.56. The van der Waals surface area contributed by atoms with Crippen molar-refractivity contribution in [1.29, 1.82) is 0 Å². The molecule has 0 amide bonds. The average molecular weight is 205 g/mol. The fourth-order valence-electron chi connectivity index (χ4n) is 2.40. The highest BCUT2D eigenvalue weighted by Crippen LogP contribution is 2.34. The number of anilines is 2. The Labute approximate surface area is 88.9 Å². The number of aromatic hydroxyl groups is 1. The van der Waals surface area contributed by atoms with Crippen molar-refractivity contribution in [3.05, 3.63) is 18.2 Å². The van der Waals surface area contributed by atoms with Gasteiger partial charge in [-0.2, -0.15) is 0 Å². The molecule has 4 nitrogen and oxygen atoms in total. The molecular weight excluding hydrogens is 190 g/mol. The molecule has 3 N–H and O–H groups in total. The minimum Gasteiger partial charge on any atom is -0.508 e. The molecule has 15 heavy (non-hydrogen) atoms. The molecule has 4 heteroatoms. The monoisotopic (exact) mass is 205 g/mol. The van der Waals surface area contributed by atoms with E-state index in [1.807, 2.05) is 12.1 Å². The molecule has 0 radical (unpaired) electrons. The van der Waals surface area contributed by atoms with Crippen molar-refractivity contribution >= 4 is 11.4 Å². The second-order valence-corrected chi connectivity index (χ2v) is 4.13. The number of piperazine rings is 1. The first-order valence-electron chi connectivity index (χ1n) is 5.39. The molecule has 1 atom stereocenters. The van der Waals surface area contributed by atoms with Gasteiger partial charge >= 0.3 is 0 Å². The Morgan fingerprint density at radius 3 is 3.20 bits per heavy atom. The molecule has 0 aliphatic carbocycles. The Balaban J connectivity index is 2.01. The van der Waals surface area contributed by atoms with Crippen LogP contribution in [0.25, 0.3) is 0 Å². The van der Waals surface area contributed by atoms with Crippen molar-refractivity contribution in [2.24, 2.45) is 0 Å². The number of fused-ring (bicyclic) bond motifs is 3. The minimum absolute atomic E-state index is 0.342. The molecule has 1 aromatic rings. The van der Waals surface area contributed by atoms with E-state index in [2.05, 4.69) is 15.5 Å². The molecule has 1 saturated heterocycles. The van der Waals surface area contributed by atoms with E-state index in [1.54, 1.807) is 6.07 Å². The molecule has 2 heterocycles. The fraction of sp³-hybridized carbons (Fsp3) is 0.455. The van der Waals surface area contributed by atoms with E-state index in [0.717, 1.165) is 37.6 Å². The first-order chi connectivity index (χ1) is 7.34. The Hall–Kier alpha value is -1.42. The van der Waals surface area contributed by atoms with Gasteiger partial charge in [-0.3, -0.25) is 0 Å². The van der Waals surface area contributed by atoms with Crippen LogP contribution in [0, 0.1) is 0 Å². The van der Waals surface area contributed by atoms with Crippen LogP contribution in [-0.4, -0.2) is 37.3 Å². The number of nitrogens with one attached hydrogen (secondary N) is 2. The number of nitrogens with zero attached hydrogens (tertiary/aromatic N) is 1. The van der Waals surface area contributed by atoms with Crippen LogP contribution in [0.2, 0.25) is 0 Å². The highest BCUT2D eigenvalue weighted by atomic mass is 16.3. The summed E-state index contributed by atoms with van der Waals surface area (Å²) in [5, 5.41) is 16.3. The molecule has 80 valence electrons. The average Bonchev–Trinajstić information content (AvgIpc) is 2.29. The van der Waals surface area contributed by atoms with Gasteiger partial charge in [-0.1, -0.05) is 0 Å². The Morgan fingerprint density at radius 1 is 1.33 bits per heavy atom. The van der Waals surface area contributed by atoms with Crippen molar-refractivity contribution in [3.63, 3.8) is 0 Å². The third kappa shape index (κ3) is 1.41. The molecule has 3 rings (SSSR count). The van der Waals surface area contributed by atoms with Gasteiger partial charge in [-0.25, -0.2) is 0 Å². The van der Waals surface area contributed by atoms with Crippen molar-refractivity contribution in [1.82, 2.24) is 5.32 Å². The van der Waals surface area contributed by atoms with Crippen molar-refractivity contribution < 1.29 is 5.11 Å². The first-order valence-corrected chi connectivity index (χ1v) is 5.39. The van der Waals surface area contributed by atoms with E-state index in [4.69, 9.17) is 0 Å². The molecule has 0 spiro atoms. The van der Waals surface area contributed by atoms with Gasteiger partial charge in [0.05, 0.1) is 17.4 Å². The van der Waals surface area contributed by atoms with Gasteiger partial charge in [0.1, 0.15) is 5.75 Å². The zero-order valence-corrected chi connectivity index (χ0v) is 8.53. The van der Waals surface area contributed by atoms with Gasteiger partial charge in [-0.15, -0.1) is 0 Å². The van der Waals surface area contributed by atoms with Crippen LogP contribution in [0.3, 0.4) is 0 Å². The van der Waals surface area contributed by atoms with E-state index in [9.17, 15) is 5.11 Å². The van der Waals surface area contributed by atoms with Gasteiger partial charge in [0.2, 0.25) is 0 Å². The number of hydrogen-bond acceptors (Lipinski definition) is 4. The van der Waals surface area contributed by atoms with Crippen LogP contribution < -0.4 is 15.5 Å². The fourth-order valence-corrected chi connectivity index (χ4v) is 2.40. The minimum atomic E-state index is 0.342. The van der Waals surface area contributed by atoms with E-state index in [1.165, 1.54) is 0 Å². The largest absolute Gasteiger partial charge is 0.508 e. The standard InChI is InChI=1S/C11H15N3O/c15-9-1-2-10-11(5-9)14-4-3-12-6-8(14)7-13-10/h1-2,5,8,12-13,15H,3-4,6-7H2.